The number of hydrogen-bond acceptors (Lipinski definition) is 4. The van der Waals surface area contributed by atoms with Crippen molar-refractivity contribution < 1.29 is 8.91 Å². The molecule has 94 valence electrons. The lowest BCUT2D eigenvalue weighted by Crippen LogP contribution is -1.89. The number of aromatic nitrogens is 2. The van der Waals surface area contributed by atoms with E-state index in [2.05, 4.69) is 10.1 Å². The predicted molar refractivity (Wildman–Crippen MR) is 69.5 cm³/mol. The fourth-order valence-corrected chi connectivity index (χ4v) is 1.74. The average Bonchev–Trinajstić information content (AvgIpc) is 2.89. The van der Waals surface area contributed by atoms with Gasteiger partial charge < -0.3 is 10.3 Å². The number of anilines is 1. The van der Waals surface area contributed by atoms with E-state index in [1.807, 2.05) is 30.3 Å². The molecule has 1 heterocycles. The molecule has 0 atom stereocenters. The number of halogens is 1. The molecular weight excluding hydrogens is 245 g/mol. The van der Waals surface area contributed by atoms with Crippen molar-refractivity contribution in [3.8, 4) is 22.8 Å². The summed E-state index contributed by atoms with van der Waals surface area (Å²) in [6.45, 7) is 0. The van der Waals surface area contributed by atoms with Crippen molar-refractivity contribution in [1.29, 1.82) is 0 Å². The minimum Gasteiger partial charge on any atom is -0.399 e. The Morgan fingerprint density at radius 1 is 1.05 bits per heavy atom. The molecular formula is C14H10FN3O. The van der Waals surface area contributed by atoms with Gasteiger partial charge in [0.15, 0.2) is 0 Å². The molecule has 2 N–H and O–H groups in total. The number of rotatable bonds is 2. The van der Waals surface area contributed by atoms with Crippen LogP contribution < -0.4 is 5.73 Å². The van der Waals surface area contributed by atoms with Gasteiger partial charge >= 0.3 is 0 Å². The Morgan fingerprint density at radius 2 is 1.84 bits per heavy atom. The summed E-state index contributed by atoms with van der Waals surface area (Å²) in [5, 5.41) is 3.84. The molecule has 0 amide bonds. The van der Waals surface area contributed by atoms with Gasteiger partial charge in [0.1, 0.15) is 5.82 Å². The van der Waals surface area contributed by atoms with Crippen molar-refractivity contribution >= 4 is 5.69 Å². The average molecular weight is 255 g/mol. The van der Waals surface area contributed by atoms with E-state index < -0.39 is 5.82 Å². The van der Waals surface area contributed by atoms with Gasteiger partial charge in [-0.05, 0) is 18.2 Å². The van der Waals surface area contributed by atoms with Crippen molar-refractivity contribution in [3.63, 3.8) is 0 Å². The van der Waals surface area contributed by atoms with E-state index in [9.17, 15) is 4.39 Å². The Bertz CT molecular complexity index is 710. The molecule has 0 aliphatic rings. The third-order valence-electron chi connectivity index (χ3n) is 2.68. The van der Waals surface area contributed by atoms with Crippen molar-refractivity contribution in [2.24, 2.45) is 0 Å². The summed E-state index contributed by atoms with van der Waals surface area (Å²) in [6.07, 6.45) is 0. The second kappa shape index (κ2) is 4.53. The van der Waals surface area contributed by atoms with Gasteiger partial charge in [0.05, 0.1) is 5.56 Å². The maximum atomic E-state index is 13.7. The summed E-state index contributed by atoms with van der Waals surface area (Å²) in [4.78, 5) is 4.18. The summed E-state index contributed by atoms with van der Waals surface area (Å²) in [7, 11) is 0. The van der Waals surface area contributed by atoms with Gasteiger partial charge in [0, 0.05) is 11.3 Å². The fraction of sp³-hybridized carbons (Fsp3) is 0. The molecule has 1 aromatic heterocycles. The van der Waals surface area contributed by atoms with Crippen molar-refractivity contribution in [1.82, 2.24) is 10.1 Å². The number of hydrogen-bond donors (Lipinski definition) is 1. The summed E-state index contributed by atoms with van der Waals surface area (Å²) < 4.78 is 18.8. The molecule has 3 rings (SSSR count). The zero-order valence-electron chi connectivity index (χ0n) is 9.88. The lowest BCUT2D eigenvalue weighted by Gasteiger charge is -1.98. The molecule has 3 aromatic rings. The monoisotopic (exact) mass is 255 g/mol. The first-order valence-electron chi connectivity index (χ1n) is 5.68. The number of nitrogens with two attached hydrogens (primary N) is 1. The summed E-state index contributed by atoms with van der Waals surface area (Å²) in [6, 6.07) is 13.7. The molecule has 5 heteroatoms. The molecule has 2 aromatic carbocycles. The highest BCUT2D eigenvalue weighted by Crippen LogP contribution is 2.25. The van der Waals surface area contributed by atoms with Crippen molar-refractivity contribution in [2.75, 3.05) is 5.73 Å². The van der Waals surface area contributed by atoms with Gasteiger partial charge in [-0.1, -0.05) is 35.5 Å². The molecule has 4 nitrogen and oxygen atoms in total. The smallest absolute Gasteiger partial charge is 0.261 e. The zero-order valence-corrected chi connectivity index (χ0v) is 9.88. The molecule has 0 unspecified atom stereocenters. The second-order valence-electron chi connectivity index (χ2n) is 4.03. The Hall–Kier alpha value is -2.69. The van der Waals surface area contributed by atoms with E-state index in [-0.39, 0.29) is 11.5 Å². The first kappa shape index (κ1) is 11.4. The lowest BCUT2D eigenvalue weighted by atomic mass is 10.2. The van der Waals surface area contributed by atoms with Crippen molar-refractivity contribution in [3.05, 3.63) is 54.3 Å². The molecule has 0 saturated carbocycles. The Kier molecular flexibility index (Phi) is 2.72. The zero-order chi connectivity index (χ0) is 13.2. The number of nitrogen functional groups attached to an aromatic ring is 1. The minimum absolute atomic E-state index is 0.136. The largest absolute Gasteiger partial charge is 0.399 e. The Balaban J connectivity index is 2.02. The quantitative estimate of drug-likeness (QED) is 0.714. The first-order chi connectivity index (χ1) is 9.24. The lowest BCUT2D eigenvalue weighted by molar-refractivity contribution is 0.429. The van der Waals surface area contributed by atoms with Crippen LogP contribution in [0.3, 0.4) is 0 Å². The summed E-state index contributed by atoms with van der Waals surface area (Å²) in [5.74, 6) is 0.0754. The Labute approximate surface area is 108 Å². The molecule has 0 saturated heterocycles. The SMILES string of the molecule is Nc1ccc(-c2nc(-c3ccccc3)no2)c(F)c1. The normalized spacial score (nSPS) is 10.6. The van der Waals surface area contributed by atoms with Gasteiger partial charge in [-0.2, -0.15) is 4.98 Å². The van der Waals surface area contributed by atoms with Gasteiger partial charge in [0.25, 0.3) is 5.89 Å². The van der Waals surface area contributed by atoms with E-state index in [0.29, 0.717) is 11.5 Å². The maximum Gasteiger partial charge on any atom is 0.261 e. The molecule has 0 spiro atoms. The van der Waals surface area contributed by atoms with E-state index in [1.165, 1.54) is 12.1 Å². The van der Waals surface area contributed by atoms with Gasteiger partial charge in [-0.15, -0.1) is 0 Å². The molecule has 0 fully saturated rings. The van der Waals surface area contributed by atoms with Gasteiger partial charge in [-0.3, -0.25) is 0 Å². The van der Waals surface area contributed by atoms with Gasteiger partial charge in [0.2, 0.25) is 5.82 Å². The van der Waals surface area contributed by atoms with Crippen LogP contribution in [-0.2, 0) is 0 Å². The van der Waals surface area contributed by atoms with Crippen LogP contribution in [0.4, 0.5) is 10.1 Å². The highest BCUT2D eigenvalue weighted by molar-refractivity contribution is 5.62. The highest BCUT2D eigenvalue weighted by atomic mass is 19.1. The fourth-order valence-electron chi connectivity index (χ4n) is 1.74. The highest BCUT2D eigenvalue weighted by Gasteiger charge is 2.14. The Morgan fingerprint density at radius 3 is 2.58 bits per heavy atom. The van der Waals surface area contributed by atoms with Crippen LogP contribution in [0.5, 0.6) is 0 Å². The number of benzene rings is 2. The number of nitrogens with zero attached hydrogens (tertiary/aromatic N) is 2. The van der Waals surface area contributed by atoms with Crippen LogP contribution in [0.25, 0.3) is 22.8 Å². The van der Waals surface area contributed by atoms with E-state index in [0.717, 1.165) is 5.56 Å². The molecule has 0 aliphatic carbocycles. The van der Waals surface area contributed by atoms with Crippen LogP contribution in [0.1, 0.15) is 0 Å². The van der Waals surface area contributed by atoms with E-state index in [4.69, 9.17) is 10.3 Å². The topological polar surface area (TPSA) is 64.9 Å². The van der Waals surface area contributed by atoms with Crippen LogP contribution in [0.2, 0.25) is 0 Å². The molecule has 0 bridgehead atoms. The van der Waals surface area contributed by atoms with Crippen LogP contribution in [0.15, 0.2) is 53.1 Å². The minimum atomic E-state index is -0.483. The molecule has 0 radical (unpaired) electrons. The maximum absolute atomic E-state index is 13.7. The first-order valence-corrected chi connectivity index (χ1v) is 5.68. The third kappa shape index (κ3) is 2.18. The summed E-state index contributed by atoms with van der Waals surface area (Å²) in [5.41, 5.74) is 6.90. The van der Waals surface area contributed by atoms with Crippen LogP contribution in [0, 0.1) is 5.82 Å². The summed E-state index contributed by atoms with van der Waals surface area (Å²) >= 11 is 0. The van der Waals surface area contributed by atoms with Crippen LogP contribution in [-0.4, -0.2) is 10.1 Å². The molecule has 0 aliphatic heterocycles. The predicted octanol–water partition coefficient (Wildman–Crippen LogP) is 3.12. The third-order valence-corrected chi connectivity index (χ3v) is 2.68. The van der Waals surface area contributed by atoms with Crippen molar-refractivity contribution in [2.45, 2.75) is 0 Å². The van der Waals surface area contributed by atoms with E-state index in [1.54, 1.807) is 6.07 Å². The molecule has 19 heavy (non-hydrogen) atoms. The second-order valence-corrected chi connectivity index (χ2v) is 4.03. The standard InChI is InChI=1S/C14H10FN3O/c15-12-8-10(16)6-7-11(12)14-17-13(18-19-14)9-4-2-1-3-5-9/h1-8H,16H2. The van der Waals surface area contributed by atoms with Gasteiger partial charge in [-0.25, -0.2) is 4.39 Å². The van der Waals surface area contributed by atoms with E-state index >= 15 is 0 Å². The van der Waals surface area contributed by atoms with Crippen LogP contribution >= 0.6 is 0 Å².